The van der Waals surface area contributed by atoms with Crippen molar-refractivity contribution < 1.29 is 13.2 Å². The number of aryl methyl sites for hydroxylation is 1. The number of hydrogen-bond acceptors (Lipinski definition) is 4. The van der Waals surface area contributed by atoms with E-state index in [0.717, 1.165) is 12.0 Å². The molecule has 1 amide bonds. The molecule has 1 atom stereocenters. The Morgan fingerprint density at radius 3 is 2.31 bits per heavy atom. The van der Waals surface area contributed by atoms with Crippen LogP contribution in [0, 0.1) is 6.92 Å². The number of amides is 1. The van der Waals surface area contributed by atoms with Gasteiger partial charge < -0.3 is 5.32 Å². The summed E-state index contributed by atoms with van der Waals surface area (Å²) in [5.41, 5.74) is 3.18. The third-order valence-electron chi connectivity index (χ3n) is 4.67. The van der Waals surface area contributed by atoms with Crippen LogP contribution in [-0.4, -0.2) is 27.4 Å². The van der Waals surface area contributed by atoms with E-state index in [4.69, 9.17) is 0 Å². The predicted molar refractivity (Wildman–Crippen MR) is 118 cm³/mol. The first kappa shape index (κ1) is 21.1. The average molecular weight is 429 g/mol. The molecule has 3 rings (SSSR count). The van der Waals surface area contributed by atoms with E-state index in [-0.39, 0.29) is 16.8 Å². The van der Waals surface area contributed by atoms with Crippen molar-refractivity contribution in [1.29, 1.82) is 0 Å². The number of nitrogens with one attached hydrogen (secondary N) is 1. The number of thiophene rings is 1. The van der Waals surface area contributed by atoms with Gasteiger partial charge in [-0.15, -0.1) is 0 Å². The van der Waals surface area contributed by atoms with Crippen molar-refractivity contribution in [2.24, 2.45) is 0 Å². The highest BCUT2D eigenvalue weighted by Crippen LogP contribution is 2.22. The van der Waals surface area contributed by atoms with Crippen molar-refractivity contribution in [3.05, 3.63) is 82.0 Å². The van der Waals surface area contributed by atoms with E-state index >= 15 is 0 Å². The van der Waals surface area contributed by atoms with Crippen molar-refractivity contribution in [3.8, 4) is 0 Å². The summed E-state index contributed by atoms with van der Waals surface area (Å²) in [5.74, 6) is -0.177. The molecule has 1 heterocycles. The lowest BCUT2D eigenvalue weighted by Gasteiger charge is -2.20. The molecule has 1 unspecified atom stereocenters. The number of sulfonamides is 1. The second kappa shape index (κ2) is 8.80. The van der Waals surface area contributed by atoms with Gasteiger partial charge >= 0.3 is 0 Å². The molecule has 3 aromatic rings. The maximum absolute atomic E-state index is 12.8. The summed E-state index contributed by atoms with van der Waals surface area (Å²) in [4.78, 5) is 12.7. The molecule has 0 aliphatic heterocycles. The Bertz CT molecular complexity index is 1060. The number of anilines is 1. The van der Waals surface area contributed by atoms with Crippen LogP contribution in [0.25, 0.3) is 0 Å². The first-order chi connectivity index (χ1) is 13.8. The lowest BCUT2D eigenvalue weighted by atomic mass is 10.1. The third-order valence-corrected chi connectivity index (χ3v) is 7.20. The molecule has 0 radical (unpaired) electrons. The zero-order chi connectivity index (χ0) is 21.0. The maximum atomic E-state index is 12.8. The minimum atomic E-state index is -3.66. The Morgan fingerprint density at radius 2 is 1.72 bits per heavy atom. The van der Waals surface area contributed by atoms with Gasteiger partial charge in [-0.25, -0.2) is 8.42 Å². The average Bonchev–Trinajstić information content (AvgIpc) is 3.20. The lowest BCUT2D eigenvalue weighted by molar-refractivity contribution is 0.0940. The van der Waals surface area contributed by atoms with E-state index in [9.17, 15) is 13.2 Å². The molecule has 0 saturated carbocycles. The van der Waals surface area contributed by atoms with E-state index in [1.807, 2.05) is 25.3 Å². The van der Waals surface area contributed by atoms with E-state index in [1.165, 1.54) is 16.9 Å². The highest BCUT2D eigenvalue weighted by molar-refractivity contribution is 7.92. The topological polar surface area (TPSA) is 66.5 Å². The molecule has 0 saturated heterocycles. The Morgan fingerprint density at radius 1 is 1.07 bits per heavy atom. The van der Waals surface area contributed by atoms with Gasteiger partial charge in [-0.05, 0) is 79.1 Å². The van der Waals surface area contributed by atoms with Gasteiger partial charge in [0.1, 0.15) is 0 Å². The monoisotopic (exact) mass is 428 g/mol. The number of rotatable bonds is 7. The highest BCUT2D eigenvalue weighted by atomic mass is 32.2. The molecule has 0 aliphatic carbocycles. The SMILES string of the molecule is Cc1ccc(S(=O)(=O)N(C)c2ccc(C(=O)NC(C)Cc3ccsc3)cc2)cc1. The highest BCUT2D eigenvalue weighted by Gasteiger charge is 2.21. The summed E-state index contributed by atoms with van der Waals surface area (Å²) in [5, 5.41) is 7.07. The Labute approximate surface area is 176 Å². The maximum Gasteiger partial charge on any atom is 0.264 e. The fourth-order valence-corrected chi connectivity index (χ4v) is 4.83. The lowest BCUT2D eigenvalue weighted by Crippen LogP contribution is -2.34. The third kappa shape index (κ3) is 5.05. The van der Waals surface area contributed by atoms with Crippen molar-refractivity contribution >= 4 is 33.0 Å². The van der Waals surface area contributed by atoms with Crippen molar-refractivity contribution in [2.45, 2.75) is 31.2 Å². The van der Waals surface area contributed by atoms with Gasteiger partial charge in [0.25, 0.3) is 15.9 Å². The molecule has 2 aromatic carbocycles. The van der Waals surface area contributed by atoms with Crippen molar-refractivity contribution in [1.82, 2.24) is 5.32 Å². The molecule has 29 heavy (non-hydrogen) atoms. The van der Waals surface area contributed by atoms with E-state index in [1.54, 1.807) is 59.9 Å². The molecule has 0 spiro atoms. The van der Waals surface area contributed by atoms with Crippen LogP contribution in [0.5, 0.6) is 0 Å². The van der Waals surface area contributed by atoms with Crippen LogP contribution >= 0.6 is 11.3 Å². The van der Waals surface area contributed by atoms with Crippen LogP contribution in [0.4, 0.5) is 5.69 Å². The number of benzene rings is 2. The second-order valence-corrected chi connectivity index (χ2v) is 9.79. The van der Waals surface area contributed by atoms with E-state index in [2.05, 4.69) is 10.7 Å². The van der Waals surface area contributed by atoms with Crippen LogP contribution in [-0.2, 0) is 16.4 Å². The molecule has 5 nitrogen and oxygen atoms in total. The summed E-state index contributed by atoms with van der Waals surface area (Å²) in [6, 6.07) is 15.3. The molecule has 1 N–H and O–H groups in total. The van der Waals surface area contributed by atoms with Gasteiger partial charge in [-0.3, -0.25) is 9.10 Å². The van der Waals surface area contributed by atoms with Crippen LogP contribution in [0.15, 0.2) is 70.3 Å². The van der Waals surface area contributed by atoms with Crippen LogP contribution < -0.4 is 9.62 Å². The minimum absolute atomic E-state index is 0.00126. The first-order valence-electron chi connectivity index (χ1n) is 9.25. The number of hydrogen-bond donors (Lipinski definition) is 1. The standard InChI is InChI=1S/C22H24N2O3S2/c1-16-4-10-21(11-5-16)29(26,27)24(3)20-8-6-19(7-9-20)22(25)23-17(2)14-18-12-13-28-15-18/h4-13,15,17H,14H2,1-3H3,(H,23,25). The Balaban J connectivity index is 1.68. The first-order valence-corrected chi connectivity index (χ1v) is 11.6. The fraction of sp³-hybridized carbons (Fsp3) is 0.227. The zero-order valence-corrected chi connectivity index (χ0v) is 18.3. The van der Waals surface area contributed by atoms with Crippen LogP contribution in [0.1, 0.15) is 28.4 Å². The Kier molecular flexibility index (Phi) is 6.39. The molecule has 7 heteroatoms. The van der Waals surface area contributed by atoms with Gasteiger partial charge in [-0.1, -0.05) is 17.7 Å². The molecule has 0 fully saturated rings. The largest absolute Gasteiger partial charge is 0.349 e. The predicted octanol–water partition coefficient (Wildman–Crippen LogP) is 4.24. The summed E-state index contributed by atoms with van der Waals surface area (Å²) < 4.78 is 26.8. The number of nitrogens with zero attached hydrogens (tertiary/aromatic N) is 1. The molecule has 1 aromatic heterocycles. The summed E-state index contributed by atoms with van der Waals surface area (Å²) in [7, 11) is -2.15. The molecular formula is C22H24N2O3S2. The van der Waals surface area contributed by atoms with Gasteiger partial charge in [0.2, 0.25) is 0 Å². The number of carbonyl (C=O) groups excluding carboxylic acids is 1. The van der Waals surface area contributed by atoms with E-state index < -0.39 is 10.0 Å². The quantitative estimate of drug-likeness (QED) is 0.612. The molecular weight excluding hydrogens is 404 g/mol. The molecule has 0 bridgehead atoms. The van der Waals surface area contributed by atoms with Crippen LogP contribution in [0.2, 0.25) is 0 Å². The normalized spacial score (nSPS) is 12.4. The second-order valence-electron chi connectivity index (χ2n) is 7.04. The van der Waals surface area contributed by atoms with Crippen molar-refractivity contribution in [2.75, 3.05) is 11.4 Å². The Hall–Kier alpha value is -2.64. The van der Waals surface area contributed by atoms with Gasteiger partial charge in [0.05, 0.1) is 10.6 Å². The van der Waals surface area contributed by atoms with Gasteiger partial charge in [0.15, 0.2) is 0 Å². The minimum Gasteiger partial charge on any atom is -0.349 e. The summed E-state index contributed by atoms with van der Waals surface area (Å²) in [6.45, 7) is 3.87. The fourth-order valence-electron chi connectivity index (χ4n) is 2.95. The smallest absolute Gasteiger partial charge is 0.264 e. The van der Waals surface area contributed by atoms with E-state index in [0.29, 0.717) is 11.3 Å². The summed E-state index contributed by atoms with van der Waals surface area (Å²) in [6.07, 6.45) is 0.769. The van der Waals surface area contributed by atoms with Gasteiger partial charge in [0, 0.05) is 18.7 Å². The number of carbonyl (C=O) groups is 1. The van der Waals surface area contributed by atoms with Crippen molar-refractivity contribution in [3.63, 3.8) is 0 Å². The van der Waals surface area contributed by atoms with Crippen LogP contribution in [0.3, 0.4) is 0 Å². The zero-order valence-electron chi connectivity index (χ0n) is 16.6. The van der Waals surface area contributed by atoms with Gasteiger partial charge in [-0.2, -0.15) is 11.3 Å². The molecule has 152 valence electrons. The molecule has 0 aliphatic rings. The summed E-state index contributed by atoms with van der Waals surface area (Å²) >= 11 is 1.64.